The highest BCUT2D eigenvalue weighted by Crippen LogP contribution is 2.38. The third kappa shape index (κ3) is 2.05. The van der Waals surface area contributed by atoms with Gasteiger partial charge in [0.1, 0.15) is 0 Å². The molecule has 2 heteroatoms. The Morgan fingerprint density at radius 3 is 2.56 bits per heavy atom. The van der Waals surface area contributed by atoms with Crippen LogP contribution >= 0.6 is 0 Å². The molecule has 0 N–H and O–H groups in total. The topological polar surface area (TPSA) is 20.3 Å². The molecule has 1 saturated heterocycles. The van der Waals surface area contributed by atoms with Crippen LogP contribution in [0.25, 0.3) is 0 Å². The van der Waals surface area contributed by atoms with Crippen molar-refractivity contribution in [2.45, 2.75) is 45.1 Å². The first-order valence-corrected chi connectivity index (χ1v) is 7.13. The fourth-order valence-electron chi connectivity index (χ4n) is 3.61. The van der Waals surface area contributed by atoms with Gasteiger partial charge in [0, 0.05) is 23.8 Å². The van der Waals surface area contributed by atoms with E-state index >= 15 is 0 Å². The number of fused-ring (bicyclic) bond motifs is 1. The summed E-state index contributed by atoms with van der Waals surface area (Å²) in [6, 6.07) is 8.92. The summed E-state index contributed by atoms with van der Waals surface area (Å²) in [6.07, 6.45) is 6.90. The van der Waals surface area contributed by atoms with E-state index < -0.39 is 0 Å². The van der Waals surface area contributed by atoms with Gasteiger partial charge in [-0.05, 0) is 56.4 Å². The second-order valence-corrected chi connectivity index (χ2v) is 5.70. The lowest BCUT2D eigenvalue weighted by Crippen LogP contribution is -2.34. The van der Waals surface area contributed by atoms with Gasteiger partial charge in [-0.1, -0.05) is 12.8 Å². The molecule has 1 aliphatic heterocycles. The summed E-state index contributed by atoms with van der Waals surface area (Å²) in [5, 5.41) is 0. The summed E-state index contributed by atoms with van der Waals surface area (Å²) < 4.78 is 0. The van der Waals surface area contributed by atoms with E-state index in [1.165, 1.54) is 44.3 Å². The van der Waals surface area contributed by atoms with Gasteiger partial charge < -0.3 is 4.90 Å². The molecule has 1 saturated carbocycles. The minimum atomic E-state index is 0.151. The van der Waals surface area contributed by atoms with Crippen LogP contribution in [0.1, 0.15) is 49.4 Å². The normalized spacial score (nSPS) is 27.1. The molecule has 0 radical (unpaired) electrons. The molecule has 2 atom stereocenters. The van der Waals surface area contributed by atoms with E-state index in [2.05, 4.69) is 17.0 Å². The number of hydrogen-bond acceptors (Lipinski definition) is 2. The zero-order valence-electron chi connectivity index (χ0n) is 11.1. The van der Waals surface area contributed by atoms with Crippen molar-refractivity contribution in [1.29, 1.82) is 0 Å². The Hall–Kier alpha value is -1.31. The fraction of sp³-hybridized carbons (Fsp3) is 0.562. The summed E-state index contributed by atoms with van der Waals surface area (Å²) >= 11 is 0. The van der Waals surface area contributed by atoms with Crippen molar-refractivity contribution in [3.05, 3.63) is 29.8 Å². The SMILES string of the molecule is CC(=O)c1ccc(N2CCC3CCCCC32)cc1. The first-order chi connectivity index (χ1) is 8.75. The molecule has 1 aromatic carbocycles. The molecule has 0 bridgehead atoms. The van der Waals surface area contributed by atoms with Gasteiger partial charge in [0.15, 0.2) is 5.78 Å². The number of carbonyl (C=O) groups is 1. The predicted octanol–water partition coefficient (Wildman–Crippen LogP) is 3.66. The predicted molar refractivity (Wildman–Crippen MR) is 74.2 cm³/mol. The average Bonchev–Trinajstić information content (AvgIpc) is 2.82. The fourth-order valence-corrected chi connectivity index (χ4v) is 3.61. The van der Waals surface area contributed by atoms with Crippen molar-refractivity contribution >= 4 is 11.5 Å². The number of Topliss-reactive ketones (excluding diaryl/α,β-unsaturated/α-hetero) is 1. The molecule has 0 amide bonds. The van der Waals surface area contributed by atoms with E-state index in [0.717, 1.165) is 17.5 Å². The van der Waals surface area contributed by atoms with Crippen LogP contribution in [0.4, 0.5) is 5.69 Å². The van der Waals surface area contributed by atoms with Crippen LogP contribution in [0.3, 0.4) is 0 Å². The van der Waals surface area contributed by atoms with Crippen LogP contribution in [-0.4, -0.2) is 18.4 Å². The van der Waals surface area contributed by atoms with Crippen LogP contribution in [-0.2, 0) is 0 Å². The molecule has 1 aliphatic carbocycles. The number of anilines is 1. The zero-order valence-corrected chi connectivity index (χ0v) is 11.1. The molecule has 18 heavy (non-hydrogen) atoms. The highest BCUT2D eigenvalue weighted by Gasteiger charge is 2.35. The summed E-state index contributed by atoms with van der Waals surface area (Å²) in [5.41, 5.74) is 2.12. The highest BCUT2D eigenvalue weighted by molar-refractivity contribution is 5.94. The van der Waals surface area contributed by atoms with Gasteiger partial charge >= 0.3 is 0 Å². The Balaban J connectivity index is 1.80. The lowest BCUT2D eigenvalue weighted by Gasteiger charge is -2.33. The maximum Gasteiger partial charge on any atom is 0.159 e. The van der Waals surface area contributed by atoms with Crippen molar-refractivity contribution in [3.63, 3.8) is 0 Å². The van der Waals surface area contributed by atoms with Crippen molar-refractivity contribution in [2.75, 3.05) is 11.4 Å². The number of rotatable bonds is 2. The Labute approximate surface area is 109 Å². The molecular formula is C16H21NO. The lowest BCUT2D eigenvalue weighted by atomic mass is 9.85. The van der Waals surface area contributed by atoms with Gasteiger partial charge in [0.25, 0.3) is 0 Å². The van der Waals surface area contributed by atoms with Crippen molar-refractivity contribution < 1.29 is 4.79 Å². The number of benzene rings is 1. The Morgan fingerprint density at radius 2 is 1.83 bits per heavy atom. The van der Waals surface area contributed by atoms with E-state index in [0.29, 0.717) is 0 Å². The Morgan fingerprint density at radius 1 is 1.11 bits per heavy atom. The second-order valence-electron chi connectivity index (χ2n) is 5.70. The standard InChI is InChI=1S/C16H21NO/c1-12(18)13-6-8-15(9-7-13)17-11-10-14-4-2-3-5-16(14)17/h6-9,14,16H,2-5,10-11H2,1H3. The van der Waals surface area contributed by atoms with Gasteiger partial charge in [-0.15, -0.1) is 0 Å². The number of nitrogens with zero attached hydrogens (tertiary/aromatic N) is 1. The van der Waals surface area contributed by atoms with E-state index in [1.807, 2.05) is 12.1 Å². The molecule has 1 aromatic rings. The minimum absolute atomic E-state index is 0.151. The smallest absolute Gasteiger partial charge is 0.159 e. The van der Waals surface area contributed by atoms with Crippen LogP contribution in [0, 0.1) is 5.92 Å². The molecular weight excluding hydrogens is 222 g/mol. The van der Waals surface area contributed by atoms with Gasteiger partial charge in [-0.25, -0.2) is 0 Å². The summed E-state index contributed by atoms with van der Waals surface area (Å²) in [4.78, 5) is 13.9. The summed E-state index contributed by atoms with van der Waals surface area (Å²) in [6.45, 7) is 2.82. The van der Waals surface area contributed by atoms with E-state index in [-0.39, 0.29) is 5.78 Å². The second kappa shape index (κ2) is 4.75. The van der Waals surface area contributed by atoms with Crippen molar-refractivity contribution in [1.82, 2.24) is 0 Å². The third-order valence-corrected chi connectivity index (χ3v) is 4.62. The van der Waals surface area contributed by atoms with Crippen molar-refractivity contribution in [2.24, 2.45) is 5.92 Å². The zero-order chi connectivity index (χ0) is 12.5. The molecule has 1 heterocycles. The van der Waals surface area contributed by atoms with Gasteiger partial charge in [-0.2, -0.15) is 0 Å². The van der Waals surface area contributed by atoms with Crippen molar-refractivity contribution in [3.8, 4) is 0 Å². The monoisotopic (exact) mass is 243 g/mol. The third-order valence-electron chi connectivity index (χ3n) is 4.62. The Bertz CT molecular complexity index is 437. The van der Waals surface area contributed by atoms with E-state index in [9.17, 15) is 4.79 Å². The van der Waals surface area contributed by atoms with Crippen LogP contribution in [0.2, 0.25) is 0 Å². The maximum absolute atomic E-state index is 11.3. The molecule has 2 unspecified atom stereocenters. The minimum Gasteiger partial charge on any atom is -0.368 e. The lowest BCUT2D eigenvalue weighted by molar-refractivity contribution is 0.101. The molecule has 0 aromatic heterocycles. The summed E-state index contributed by atoms with van der Waals surface area (Å²) in [7, 11) is 0. The summed E-state index contributed by atoms with van der Waals surface area (Å²) in [5.74, 6) is 1.06. The number of carbonyl (C=O) groups excluding carboxylic acids is 1. The quantitative estimate of drug-likeness (QED) is 0.739. The molecule has 0 spiro atoms. The number of ketones is 1. The van der Waals surface area contributed by atoms with E-state index in [1.54, 1.807) is 6.92 Å². The van der Waals surface area contributed by atoms with Gasteiger partial charge in [0.2, 0.25) is 0 Å². The van der Waals surface area contributed by atoms with Crippen LogP contribution in [0.5, 0.6) is 0 Å². The number of hydrogen-bond donors (Lipinski definition) is 0. The maximum atomic E-state index is 11.3. The Kier molecular flexibility index (Phi) is 3.11. The van der Waals surface area contributed by atoms with Crippen LogP contribution < -0.4 is 4.90 Å². The first kappa shape index (κ1) is 11.8. The molecule has 2 aliphatic rings. The largest absolute Gasteiger partial charge is 0.368 e. The van der Waals surface area contributed by atoms with E-state index in [4.69, 9.17) is 0 Å². The highest BCUT2D eigenvalue weighted by atomic mass is 16.1. The van der Waals surface area contributed by atoms with Crippen LogP contribution in [0.15, 0.2) is 24.3 Å². The average molecular weight is 243 g/mol. The first-order valence-electron chi connectivity index (χ1n) is 7.13. The molecule has 96 valence electrons. The molecule has 3 rings (SSSR count). The molecule has 2 fully saturated rings. The van der Waals surface area contributed by atoms with Gasteiger partial charge in [0.05, 0.1) is 0 Å². The molecule has 2 nitrogen and oxygen atoms in total. The van der Waals surface area contributed by atoms with Gasteiger partial charge in [-0.3, -0.25) is 4.79 Å².